The second kappa shape index (κ2) is 7.33. The molecule has 0 aliphatic rings. The van der Waals surface area contributed by atoms with Crippen molar-refractivity contribution in [1.29, 1.82) is 0 Å². The van der Waals surface area contributed by atoms with Crippen LogP contribution in [0.3, 0.4) is 0 Å². The summed E-state index contributed by atoms with van der Waals surface area (Å²) < 4.78 is 0. The molecule has 0 atom stereocenters. The first-order chi connectivity index (χ1) is 10.1. The average Bonchev–Trinajstić information content (AvgIpc) is 2.81. The van der Waals surface area contributed by atoms with Gasteiger partial charge < -0.3 is 5.11 Å². The number of aromatic nitrogens is 1. The van der Waals surface area contributed by atoms with Gasteiger partial charge in [-0.25, -0.2) is 4.98 Å². The molecule has 0 aliphatic heterocycles. The van der Waals surface area contributed by atoms with E-state index in [0.717, 1.165) is 29.4 Å². The summed E-state index contributed by atoms with van der Waals surface area (Å²) in [5, 5.41) is 10.0. The van der Waals surface area contributed by atoms with Gasteiger partial charge in [-0.3, -0.25) is 9.69 Å². The molecule has 0 bridgehead atoms. The Labute approximate surface area is 129 Å². The van der Waals surface area contributed by atoms with Crippen LogP contribution in [0, 0.1) is 0 Å². The van der Waals surface area contributed by atoms with Gasteiger partial charge in [0.15, 0.2) is 0 Å². The minimum absolute atomic E-state index is 0.00497. The lowest BCUT2D eigenvalue weighted by Gasteiger charge is -2.16. The van der Waals surface area contributed by atoms with E-state index in [9.17, 15) is 4.79 Å². The molecule has 0 saturated carbocycles. The van der Waals surface area contributed by atoms with Crippen LogP contribution in [0.4, 0.5) is 0 Å². The van der Waals surface area contributed by atoms with Gasteiger partial charge in [-0.2, -0.15) is 0 Å². The normalized spacial score (nSPS) is 11.0. The Bertz CT molecular complexity index is 596. The maximum Gasteiger partial charge on any atom is 0.309 e. The summed E-state index contributed by atoms with van der Waals surface area (Å²) in [4.78, 5) is 18.6. The molecule has 112 valence electrons. The molecule has 0 aliphatic carbocycles. The highest BCUT2D eigenvalue weighted by atomic mass is 32.1. The third kappa shape index (κ3) is 4.65. The molecule has 2 aromatic rings. The van der Waals surface area contributed by atoms with E-state index in [-0.39, 0.29) is 6.42 Å². The first-order valence-corrected chi connectivity index (χ1v) is 7.81. The largest absolute Gasteiger partial charge is 0.481 e. The van der Waals surface area contributed by atoms with E-state index < -0.39 is 5.97 Å². The first-order valence-electron chi connectivity index (χ1n) is 7.00. The zero-order valence-corrected chi connectivity index (χ0v) is 13.2. The topological polar surface area (TPSA) is 53.4 Å². The summed E-state index contributed by atoms with van der Waals surface area (Å²) >= 11 is 1.62. The van der Waals surface area contributed by atoms with Crippen molar-refractivity contribution in [2.24, 2.45) is 0 Å². The first kappa shape index (κ1) is 15.7. The summed E-state index contributed by atoms with van der Waals surface area (Å²) in [6.45, 7) is 3.61. The number of nitrogens with zero attached hydrogens (tertiary/aromatic N) is 2. The van der Waals surface area contributed by atoms with Crippen LogP contribution >= 0.6 is 11.3 Å². The van der Waals surface area contributed by atoms with Gasteiger partial charge in [0.05, 0.1) is 17.1 Å². The monoisotopic (exact) mass is 304 g/mol. The van der Waals surface area contributed by atoms with E-state index in [1.165, 1.54) is 5.56 Å². The Balaban J connectivity index is 2.07. The molecule has 0 radical (unpaired) electrons. The lowest BCUT2D eigenvalue weighted by molar-refractivity contribution is -0.136. The molecule has 1 heterocycles. The van der Waals surface area contributed by atoms with E-state index in [1.54, 1.807) is 11.3 Å². The van der Waals surface area contributed by atoms with Crippen LogP contribution in [-0.2, 0) is 30.7 Å². The number of thiazole rings is 1. The van der Waals surface area contributed by atoms with Gasteiger partial charge in [0.25, 0.3) is 0 Å². The Hall–Kier alpha value is -1.72. The highest BCUT2D eigenvalue weighted by Gasteiger charge is 2.15. The van der Waals surface area contributed by atoms with Gasteiger partial charge in [-0.1, -0.05) is 37.3 Å². The van der Waals surface area contributed by atoms with Gasteiger partial charge in [0.1, 0.15) is 0 Å². The van der Waals surface area contributed by atoms with E-state index in [0.29, 0.717) is 5.69 Å². The number of rotatable bonds is 7. The number of benzene rings is 1. The molecule has 0 spiro atoms. The highest BCUT2D eigenvalue weighted by Crippen LogP contribution is 2.22. The Morgan fingerprint density at radius 3 is 2.62 bits per heavy atom. The standard InChI is InChI=1S/C16H20N2O2S/c1-3-15-17-13(9-16(19)20)14(21-15)11-18(2)10-12-7-5-4-6-8-12/h4-8H,3,9-11H2,1-2H3,(H,19,20). The predicted molar refractivity (Wildman–Crippen MR) is 84.4 cm³/mol. The highest BCUT2D eigenvalue weighted by molar-refractivity contribution is 7.11. The Kier molecular flexibility index (Phi) is 5.47. The van der Waals surface area contributed by atoms with Crippen molar-refractivity contribution in [2.75, 3.05) is 7.05 Å². The molecule has 0 unspecified atom stereocenters. The van der Waals surface area contributed by atoms with Crippen LogP contribution in [0.5, 0.6) is 0 Å². The molecular formula is C16H20N2O2S. The average molecular weight is 304 g/mol. The van der Waals surface area contributed by atoms with Crippen LogP contribution in [0.1, 0.15) is 28.1 Å². The van der Waals surface area contributed by atoms with Crippen LogP contribution in [0.15, 0.2) is 30.3 Å². The van der Waals surface area contributed by atoms with Crippen LogP contribution in [-0.4, -0.2) is 28.0 Å². The number of aliphatic carboxylic acids is 1. The molecular weight excluding hydrogens is 284 g/mol. The fraction of sp³-hybridized carbons (Fsp3) is 0.375. The van der Waals surface area contributed by atoms with Gasteiger partial charge in [0.2, 0.25) is 0 Å². The zero-order chi connectivity index (χ0) is 15.2. The van der Waals surface area contributed by atoms with E-state index in [4.69, 9.17) is 5.11 Å². The smallest absolute Gasteiger partial charge is 0.309 e. The number of aryl methyl sites for hydroxylation is 1. The van der Waals surface area contributed by atoms with Crippen molar-refractivity contribution in [2.45, 2.75) is 32.9 Å². The van der Waals surface area contributed by atoms with E-state index >= 15 is 0 Å². The molecule has 0 fully saturated rings. The molecule has 5 heteroatoms. The lowest BCUT2D eigenvalue weighted by atomic mass is 10.2. The van der Waals surface area contributed by atoms with Gasteiger partial charge >= 0.3 is 5.97 Å². The van der Waals surface area contributed by atoms with Crippen LogP contribution in [0.25, 0.3) is 0 Å². The Morgan fingerprint density at radius 1 is 1.29 bits per heavy atom. The van der Waals surface area contributed by atoms with E-state index in [1.807, 2.05) is 32.2 Å². The number of hydrogen-bond acceptors (Lipinski definition) is 4. The third-order valence-electron chi connectivity index (χ3n) is 3.15. The fourth-order valence-electron chi connectivity index (χ4n) is 2.19. The maximum atomic E-state index is 10.9. The molecule has 1 aromatic heterocycles. The van der Waals surface area contributed by atoms with Crippen LogP contribution in [0.2, 0.25) is 0 Å². The van der Waals surface area contributed by atoms with Crippen molar-refractivity contribution in [3.63, 3.8) is 0 Å². The number of carboxylic acids is 1. The number of carbonyl (C=O) groups is 1. The summed E-state index contributed by atoms with van der Waals surface area (Å²) in [5.74, 6) is -0.824. The third-order valence-corrected chi connectivity index (χ3v) is 4.38. The van der Waals surface area contributed by atoms with Crippen molar-refractivity contribution in [1.82, 2.24) is 9.88 Å². The molecule has 2 rings (SSSR count). The van der Waals surface area contributed by atoms with Crippen molar-refractivity contribution < 1.29 is 9.90 Å². The second-order valence-electron chi connectivity index (χ2n) is 5.06. The molecule has 21 heavy (non-hydrogen) atoms. The van der Waals surface area contributed by atoms with Gasteiger partial charge in [-0.05, 0) is 19.0 Å². The van der Waals surface area contributed by atoms with Crippen molar-refractivity contribution in [3.8, 4) is 0 Å². The SMILES string of the molecule is CCc1nc(CC(=O)O)c(CN(C)Cc2ccccc2)s1. The Morgan fingerprint density at radius 2 is 2.00 bits per heavy atom. The maximum absolute atomic E-state index is 10.9. The zero-order valence-electron chi connectivity index (χ0n) is 12.4. The summed E-state index contributed by atoms with van der Waals surface area (Å²) in [7, 11) is 2.04. The second-order valence-corrected chi connectivity index (χ2v) is 6.23. The van der Waals surface area contributed by atoms with Crippen molar-refractivity contribution >= 4 is 17.3 Å². The summed E-state index contributed by atoms with van der Waals surface area (Å²) in [5.41, 5.74) is 1.96. The quantitative estimate of drug-likeness (QED) is 0.854. The number of carboxylic acid groups (broad SMARTS) is 1. The molecule has 1 aromatic carbocycles. The van der Waals surface area contributed by atoms with Crippen LogP contribution < -0.4 is 0 Å². The molecule has 1 N–H and O–H groups in total. The predicted octanol–water partition coefficient (Wildman–Crippen LogP) is 2.96. The summed E-state index contributed by atoms with van der Waals surface area (Å²) in [6.07, 6.45) is 0.852. The summed E-state index contributed by atoms with van der Waals surface area (Å²) in [6, 6.07) is 10.3. The van der Waals surface area contributed by atoms with Gasteiger partial charge in [0, 0.05) is 18.0 Å². The molecule has 4 nitrogen and oxygen atoms in total. The molecule has 0 amide bonds. The fourth-order valence-corrected chi connectivity index (χ4v) is 3.29. The van der Waals surface area contributed by atoms with E-state index in [2.05, 4.69) is 22.0 Å². The van der Waals surface area contributed by atoms with Crippen molar-refractivity contribution in [3.05, 3.63) is 51.5 Å². The minimum Gasteiger partial charge on any atom is -0.481 e. The minimum atomic E-state index is -0.824. The molecule has 0 saturated heterocycles. The van der Waals surface area contributed by atoms with Gasteiger partial charge in [-0.15, -0.1) is 11.3 Å². The lowest BCUT2D eigenvalue weighted by Crippen LogP contribution is -2.17. The number of hydrogen-bond donors (Lipinski definition) is 1.